The maximum Gasteiger partial charge on any atom is 0.411 e. The average molecular weight is 373 g/mol. The molecule has 2 N–H and O–H groups in total. The second-order valence-corrected chi connectivity index (χ2v) is 6.32. The van der Waals surface area contributed by atoms with E-state index in [1.54, 1.807) is 0 Å². The molecule has 0 aromatic carbocycles. The predicted molar refractivity (Wildman–Crippen MR) is 77.8 cm³/mol. The zero-order chi connectivity index (χ0) is 19.8. The highest BCUT2D eigenvalue weighted by molar-refractivity contribution is 6.09. The van der Waals surface area contributed by atoms with Crippen LogP contribution in [-0.2, 0) is 9.59 Å². The topological polar surface area (TPSA) is 87.0 Å². The van der Waals surface area contributed by atoms with Crippen molar-refractivity contribution in [3.05, 3.63) is 0 Å². The van der Waals surface area contributed by atoms with Crippen LogP contribution >= 0.6 is 0 Å². The third-order valence-corrected chi connectivity index (χ3v) is 5.11. The van der Waals surface area contributed by atoms with Gasteiger partial charge in [0.15, 0.2) is 6.04 Å². The lowest BCUT2D eigenvalue weighted by Gasteiger charge is -2.51. The number of halogens is 5. The van der Waals surface area contributed by atoms with Gasteiger partial charge in [0.1, 0.15) is 10.8 Å². The van der Waals surface area contributed by atoms with Crippen LogP contribution in [0, 0.1) is 16.7 Å². The number of carboxylic acid groups (broad SMARTS) is 2. The molecule has 4 atom stereocenters. The van der Waals surface area contributed by atoms with Crippen molar-refractivity contribution in [2.45, 2.75) is 58.7 Å². The van der Waals surface area contributed by atoms with Gasteiger partial charge in [-0.3, -0.25) is 14.6 Å². The smallest absolute Gasteiger partial charge is 0.411 e. The second-order valence-electron chi connectivity index (χ2n) is 6.32. The van der Waals surface area contributed by atoms with Crippen LogP contribution in [0.3, 0.4) is 0 Å². The Morgan fingerprint density at radius 1 is 1.20 bits per heavy atom. The van der Waals surface area contributed by atoms with Gasteiger partial charge in [-0.1, -0.05) is 20.3 Å². The molecule has 0 amide bonds. The van der Waals surface area contributed by atoms with E-state index in [1.165, 1.54) is 13.8 Å². The number of carbonyl (C=O) groups is 2. The minimum absolute atomic E-state index is 0.129. The fourth-order valence-corrected chi connectivity index (χ4v) is 3.87. The first kappa shape index (κ1) is 21.3. The molecule has 1 heterocycles. The van der Waals surface area contributed by atoms with Crippen molar-refractivity contribution >= 4 is 17.7 Å². The van der Waals surface area contributed by atoms with Crippen molar-refractivity contribution in [3.63, 3.8) is 0 Å². The highest BCUT2D eigenvalue weighted by atomic mass is 19.4. The van der Waals surface area contributed by atoms with E-state index in [-0.39, 0.29) is 12.8 Å². The molecule has 0 bridgehead atoms. The van der Waals surface area contributed by atoms with Crippen LogP contribution in [0.15, 0.2) is 4.99 Å². The zero-order valence-electron chi connectivity index (χ0n) is 13.9. The van der Waals surface area contributed by atoms with Crippen LogP contribution in [-0.4, -0.2) is 46.5 Å². The quantitative estimate of drug-likeness (QED) is 0.696. The molecule has 144 valence electrons. The summed E-state index contributed by atoms with van der Waals surface area (Å²) in [6.07, 6.45) is -9.40. The van der Waals surface area contributed by atoms with Gasteiger partial charge in [-0.25, -0.2) is 8.78 Å². The molecular formula is C15H20F5NO4. The molecule has 1 aliphatic rings. The van der Waals surface area contributed by atoms with Crippen LogP contribution in [0.5, 0.6) is 0 Å². The van der Waals surface area contributed by atoms with E-state index < -0.39 is 59.5 Å². The fourth-order valence-electron chi connectivity index (χ4n) is 3.87. The summed E-state index contributed by atoms with van der Waals surface area (Å²) in [6, 6.07) is -2.95. The molecule has 0 saturated heterocycles. The Hall–Kier alpha value is -1.74. The van der Waals surface area contributed by atoms with Gasteiger partial charge in [-0.2, -0.15) is 13.2 Å². The molecule has 1 rings (SSSR count). The molecule has 1 aliphatic heterocycles. The van der Waals surface area contributed by atoms with E-state index in [1.807, 2.05) is 0 Å². The van der Waals surface area contributed by atoms with Gasteiger partial charge in [0.05, 0.1) is 5.71 Å². The van der Waals surface area contributed by atoms with Crippen molar-refractivity contribution in [2.75, 3.05) is 0 Å². The Morgan fingerprint density at radius 3 is 2.00 bits per heavy atom. The van der Waals surface area contributed by atoms with Gasteiger partial charge >= 0.3 is 18.1 Å². The van der Waals surface area contributed by atoms with E-state index in [9.17, 15) is 41.8 Å². The average Bonchev–Trinajstić information content (AvgIpc) is 2.46. The van der Waals surface area contributed by atoms with Crippen molar-refractivity contribution in [2.24, 2.45) is 21.7 Å². The Balaban J connectivity index is 3.95. The monoisotopic (exact) mass is 373 g/mol. The number of aliphatic carboxylic acids is 2. The minimum atomic E-state index is -5.21. The highest BCUT2D eigenvalue weighted by Gasteiger charge is 2.69. The Morgan fingerprint density at radius 2 is 1.72 bits per heavy atom. The Kier molecular flexibility index (Phi) is 5.86. The number of alkyl halides is 5. The number of hydrogen-bond acceptors (Lipinski definition) is 3. The number of nitrogens with zero attached hydrogens (tertiary/aromatic N) is 1. The van der Waals surface area contributed by atoms with Gasteiger partial charge in [0.2, 0.25) is 0 Å². The largest absolute Gasteiger partial charge is 0.481 e. The van der Waals surface area contributed by atoms with Gasteiger partial charge in [0.25, 0.3) is 6.43 Å². The van der Waals surface area contributed by atoms with Crippen LogP contribution < -0.4 is 0 Å². The van der Waals surface area contributed by atoms with Crippen LogP contribution in [0.4, 0.5) is 22.0 Å². The predicted octanol–water partition coefficient (Wildman–Crippen LogP) is 3.63. The van der Waals surface area contributed by atoms with E-state index in [0.29, 0.717) is 0 Å². The molecule has 0 aromatic rings. The van der Waals surface area contributed by atoms with E-state index in [2.05, 4.69) is 4.99 Å². The molecular weight excluding hydrogens is 353 g/mol. The Labute approximate surface area is 140 Å². The molecule has 4 unspecified atom stereocenters. The third kappa shape index (κ3) is 3.10. The summed E-state index contributed by atoms with van der Waals surface area (Å²) < 4.78 is 67.3. The molecule has 0 radical (unpaired) electrons. The molecule has 5 nitrogen and oxygen atoms in total. The summed E-state index contributed by atoms with van der Waals surface area (Å²) in [5.41, 5.74) is -6.55. The van der Waals surface area contributed by atoms with E-state index in [0.717, 1.165) is 6.92 Å². The number of carboxylic acids is 2. The SMILES string of the molecule is CCCC1C(CC)(C(=O)O)C(C(F)F)=NC(C(F)(F)F)C1(C)C(=O)O. The third-order valence-electron chi connectivity index (χ3n) is 5.11. The zero-order valence-corrected chi connectivity index (χ0v) is 13.9. The summed E-state index contributed by atoms with van der Waals surface area (Å²) in [4.78, 5) is 26.6. The summed E-state index contributed by atoms with van der Waals surface area (Å²) in [5, 5.41) is 19.1. The van der Waals surface area contributed by atoms with Gasteiger partial charge in [-0.15, -0.1) is 0 Å². The normalized spacial score (nSPS) is 33.2. The number of rotatable bonds is 6. The molecule has 0 aromatic heterocycles. The molecule has 0 spiro atoms. The van der Waals surface area contributed by atoms with Crippen molar-refractivity contribution in [1.29, 1.82) is 0 Å². The lowest BCUT2D eigenvalue weighted by atomic mass is 9.53. The van der Waals surface area contributed by atoms with Crippen LogP contribution in [0.25, 0.3) is 0 Å². The first-order valence-corrected chi connectivity index (χ1v) is 7.71. The summed E-state index contributed by atoms with van der Waals surface area (Å²) in [5.74, 6) is -5.40. The Bertz CT molecular complexity index is 577. The van der Waals surface area contributed by atoms with Gasteiger partial charge < -0.3 is 10.2 Å². The molecule has 25 heavy (non-hydrogen) atoms. The first-order valence-electron chi connectivity index (χ1n) is 7.71. The fraction of sp³-hybridized carbons (Fsp3) is 0.800. The van der Waals surface area contributed by atoms with Crippen molar-refractivity contribution < 1.29 is 41.8 Å². The molecule has 0 aliphatic carbocycles. The lowest BCUT2D eigenvalue weighted by molar-refractivity contribution is -0.205. The summed E-state index contributed by atoms with van der Waals surface area (Å²) >= 11 is 0. The summed E-state index contributed by atoms with van der Waals surface area (Å²) in [6.45, 7) is 3.48. The van der Waals surface area contributed by atoms with Gasteiger partial charge in [0, 0.05) is 0 Å². The van der Waals surface area contributed by atoms with E-state index >= 15 is 0 Å². The molecule has 10 heteroatoms. The van der Waals surface area contributed by atoms with E-state index in [4.69, 9.17) is 0 Å². The van der Waals surface area contributed by atoms with Crippen molar-refractivity contribution in [1.82, 2.24) is 0 Å². The maximum atomic E-state index is 13.5. The van der Waals surface area contributed by atoms with Crippen LogP contribution in [0.2, 0.25) is 0 Å². The number of aliphatic imine (C=N–C) groups is 1. The standard InChI is InChI=1S/C15H20F5NO4/c1-4-6-7-13(3,11(22)23)10(15(18,19)20)21-8(9(16)17)14(7,5-2)12(24)25/h7,9-10H,4-6H2,1-3H3,(H,22,23)(H,24,25). The van der Waals surface area contributed by atoms with Crippen molar-refractivity contribution in [3.8, 4) is 0 Å². The van der Waals surface area contributed by atoms with Crippen LogP contribution in [0.1, 0.15) is 40.0 Å². The maximum absolute atomic E-state index is 13.5. The lowest BCUT2D eigenvalue weighted by Crippen LogP contribution is -2.65. The highest BCUT2D eigenvalue weighted by Crippen LogP contribution is 2.56. The molecule has 0 fully saturated rings. The second kappa shape index (κ2) is 6.87. The number of hydrogen-bond donors (Lipinski definition) is 2. The van der Waals surface area contributed by atoms with Gasteiger partial charge in [-0.05, 0) is 25.7 Å². The summed E-state index contributed by atoms with van der Waals surface area (Å²) in [7, 11) is 0. The first-order chi connectivity index (χ1) is 11.3. The minimum Gasteiger partial charge on any atom is -0.481 e. The molecule has 0 saturated carbocycles.